The summed E-state index contributed by atoms with van der Waals surface area (Å²) in [6.45, 7) is 1.90. The van der Waals surface area contributed by atoms with Gasteiger partial charge in [-0.05, 0) is 24.6 Å². The van der Waals surface area contributed by atoms with E-state index in [0.717, 1.165) is 6.07 Å². The zero-order valence-corrected chi connectivity index (χ0v) is 14.1. The lowest BCUT2D eigenvalue weighted by molar-refractivity contribution is -0.385. The van der Waals surface area contributed by atoms with Crippen LogP contribution in [0.2, 0.25) is 0 Å². The summed E-state index contributed by atoms with van der Waals surface area (Å²) >= 11 is 0. The van der Waals surface area contributed by atoms with E-state index >= 15 is 0 Å². The van der Waals surface area contributed by atoms with Crippen LogP contribution in [-0.4, -0.2) is 29.8 Å². The third-order valence-electron chi connectivity index (χ3n) is 3.71. The van der Waals surface area contributed by atoms with Gasteiger partial charge in [-0.3, -0.25) is 19.7 Å². The average Bonchev–Trinajstić information content (AvgIpc) is 2.61. The highest BCUT2D eigenvalue weighted by Gasteiger charge is 2.15. The average molecular weight is 359 g/mol. The lowest BCUT2D eigenvalue weighted by Gasteiger charge is -2.08. The summed E-state index contributed by atoms with van der Waals surface area (Å²) in [4.78, 5) is 34.2. The first-order chi connectivity index (χ1) is 12.4. The maximum Gasteiger partial charge on any atom is 0.273 e. The zero-order chi connectivity index (χ0) is 19.1. The van der Waals surface area contributed by atoms with Crippen molar-refractivity contribution in [3.8, 4) is 0 Å². The Morgan fingerprint density at radius 1 is 1.12 bits per heavy atom. The van der Waals surface area contributed by atoms with Crippen LogP contribution in [0.4, 0.5) is 10.1 Å². The third-order valence-corrected chi connectivity index (χ3v) is 3.71. The molecule has 0 atom stereocenters. The highest BCUT2D eigenvalue weighted by Crippen LogP contribution is 2.17. The summed E-state index contributed by atoms with van der Waals surface area (Å²) in [5, 5.41) is 16.1. The first kappa shape index (κ1) is 19.0. The van der Waals surface area contributed by atoms with E-state index in [1.807, 2.05) is 0 Å². The lowest BCUT2D eigenvalue weighted by atomic mass is 10.1. The Morgan fingerprint density at radius 2 is 1.81 bits per heavy atom. The number of nitrogens with one attached hydrogen (secondary N) is 2. The van der Waals surface area contributed by atoms with E-state index in [0.29, 0.717) is 11.1 Å². The summed E-state index contributed by atoms with van der Waals surface area (Å²) < 4.78 is 13.4. The van der Waals surface area contributed by atoms with Crippen molar-refractivity contribution in [2.45, 2.75) is 13.3 Å². The summed E-state index contributed by atoms with van der Waals surface area (Å²) in [5.74, 6) is -1.30. The summed E-state index contributed by atoms with van der Waals surface area (Å²) in [6, 6.07) is 10.2. The van der Waals surface area contributed by atoms with Crippen LogP contribution in [0.15, 0.2) is 42.5 Å². The van der Waals surface area contributed by atoms with Crippen LogP contribution in [0.25, 0.3) is 0 Å². The van der Waals surface area contributed by atoms with Crippen molar-refractivity contribution in [3.05, 3.63) is 75.1 Å². The number of amides is 2. The fraction of sp³-hybridized carbons (Fsp3) is 0.222. The van der Waals surface area contributed by atoms with Crippen molar-refractivity contribution in [2.75, 3.05) is 13.1 Å². The monoisotopic (exact) mass is 359 g/mol. The Labute approximate surface area is 149 Å². The molecular formula is C18H18FN3O4. The van der Waals surface area contributed by atoms with Crippen LogP contribution >= 0.6 is 0 Å². The second-order valence-corrected chi connectivity index (χ2v) is 5.63. The van der Waals surface area contributed by atoms with Gasteiger partial charge in [-0.15, -0.1) is 0 Å². The minimum Gasteiger partial charge on any atom is -0.354 e. The van der Waals surface area contributed by atoms with Gasteiger partial charge in [0.15, 0.2) is 0 Å². The van der Waals surface area contributed by atoms with Gasteiger partial charge in [0, 0.05) is 30.3 Å². The van der Waals surface area contributed by atoms with Gasteiger partial charge in [-0.25, -0.2) is 4.39 Å². The van der Waals surface area contributed by atoms with Crippen LogP contribution in [0, 0.1) is 22.9 Å². The lowest BCUT2D eigenvalue weighted by Crippen LogP contribution is -2.35. The molecule has 0 spiro atoms. The summed E-state index contributed by atoms with van der Waals surface area (Å²) in [7, 11) is 0. The fourth-order valence-corrected chi connectivity index (χ4v) is 2.29. The number of carbonyl (C=O) groups is 2. The number of nitrogens with zero attached hydrogens (tertiary/aromatic N) is 1. The van der Waals surface area contributed by atoms with Crippen LogP contribution in [0.1, 0.15) is 21.5 Å². The second-order valence-electron chi connectivity index (χ2n) is 5.63. The van der Waals surface area contributed by atoms with E-state index in [-0.39, 0.29) is 30.8 Å². The SMILES string of the molecule is Cc1ccc(C(=O)NCCNC(=O)Cc2ccccc2[N+](=O)[O-])cc1F. The predicted molar refractivity (Wildman–Crippen MR) is 93.3 cm³/mol. The highest BCUT2D eigenvalue weighted by molar-refractivity contribution is 5.94. The number of rotatable bonds is 7. The molecule has 0 heterocycles. The molecule has 136 valence electrons. The first-order valence-electron chi connectivity index (χ1n) is 7.92. The number of carbonyl (C=O) groups excluding carboxylic acids is 2. The molecule has 0 aromatic heterocycles. The number of halogens is 1. The van der Waals surface area contributed by atoms with Crippen molar-refractivity contribution in [1.29, 1.82) is 0 Å². The van der Waals surface area contributed by atoms with Crippen LogP contribution in [0.5, 0.6) is 0 Å². The van der Waals surface area contributed by atoms with Gasteiger partial charge in [0.05, 0.1) is 11.3 Å². The quantitative estimate of drug-likeness (QED) is 0.449. The Balaban J connectivity index is 1.79. The Morgan fingerprint density at radius 3 is 2.50 bits per heavy atom. The minimum atomic E-state index is -0.538. The molecule has 7 nitrogen and oxygen atoms in total. The number of aryl methyl sites for hydroxylation is 1. The number of nitro benzene ring substituents is 1. The van der Waals surface area contributed by atoms with E-state index in [9.17, 15) is 24.1 Å². The van der Waals surface area contributed by atoms with Gasteiger partial charge >= 0.3 is 0 Å². The molecule has 8 heteroatoms. The first-order valence-corrected chi connectivity index (χ1v) is 7.92. The molecule has 2 N–H and O–H groups in total. The van der Waals surface area contributed by atoms with Crippen molar-refractivity contribution in [2.24, 2.45) is 0 Å². The molecule has 0 radical (unpaired) electrons. The fourth-order valence-electron chi connectivity index (χ4n) is 2.29. The zero-order valence-electron chi connectivity index (χ0n) is 14.1. The number of benzene rings is 2. The molecule has 2 rings (SSSR count). The van der Waals surface area contributed by atoms with Gasteiger partial charge in [-0.2, -0.15) is 0 Å². The van der Waals surface area contributed by atoms with Gasteiger partial charge < -0.3 is 10.6 Å². The molecule has 2 aromatic carbocycles. The van der Waals surface area contributed by atoms with E-state index in [2.05, 4.69) is 10.6 Å². The Kier molecular flexibility index (Phi) is 6.37. The third kappa shape index (κ3) is 5.10. The molecule has 2 amide bonds. The molecule has 0 unspecified atom stereocenters. The second kappa shape index (κ2) is 8.70. The Bertz CT molecular complexity index is 839. The molecule has 0 saturated heterocycles. The van der Waals surface area contributed by atoms with Crippen LogP contribution in [-0.2, 0) is 11.2 Å². The standard InChI is InChI=1S/C18H18FN3O4/c1-12-6-7-14(10-15(12)19)18(24)21-9-8-20-17(23)11-13-4-2-3-5-16(13)22(25)26/h2-7,10H,8-9,11H2,1H3,(H,20,23)(H,21,24). The summed E-state index contributed by atoms with van der Waals surface area (Å²) in [6.07, 6.45) is -0.131. The van der Waals surface area contributed by atoms with E-state index in [1.54, 1.807) is 13.0 Å². The smallest absolute Gasteiger partial charge is 0.273 e. The van der Waals surface area contributed by atoms with E-state index in [4.69, 9.17) is 0 Å². The number of nitro groups is 1. The van der Waals surface area contributed by atoms with Crippen molar-refractivity contribution in [1.82, 2.24) is 10.6 Å². The molecule has 0 aliphatic carbocycles. The van der Waals surface area contributed by atoms with Crippen LogP contribution in [0.3, 0.4) is 0 Å². The molecule has 0 saturated carbocycles. The van der Waals surface area contributed by atoms with Crippen molar-refractivity contribution < 1.29 is 18.9 Å². The van der Waals surface area contributed by atoms with Gasteiger partial charge in [0.25, 0.3) is 11.6 Å². The predicted octanol–water partition coefficient (Wildman–Crippen LogP) is 2.13. The maximum absolute atomic E-state index is 13.4. The Hall–Kier alpha value is -3.29. The van der Waals surface area contributed by atoms with Gasteiger partial charge in [-0.1, -0.05) is 24.3 Å². The number of hydrogen-bond donors (Lipinski definition) is 2. The molecule has 0 aliphatic rings. The molecule has 26 heavy (non-hydrogen) atoms. The molecular weight excluding hydrogens is 341 g/mol. The van der Waals surface area contributed by atoms with Crippen molar-refractivity contribution >= 4 is 17.5 Å². The molecule has 0 aliphatic heterocycles. The number of hydrogen-bond acceptors (Lipinski definition) is 4. The number of para-hydroxylation sites is 1. The van der Waals surface area contributed by atoms with E-state index < -0.39 is 22.6 Å². The van der Waals surface area contributed by atoms with Gasteiger partial charge in [0.1, 0.15) is 5.82 Å². The minimum absolute atomic E-state index is 0.114. The van der Waals surface area contributed by atoms with E-state index in [1.165, 1.54) is 30.3 Å². The largest absolute Gasteiger partial charge is 0.354 e. The molecule has 2 aromatic rings. The van der Waals surface area contributed by atoms with Crippen molar-refractivity contribution in [3.63, 3.8) is 0 Å². The normalized spacial score (nSPS) is 10.2. The topological polar surface area (TPSA) is 101 Å². The maximum atomic E-state index is 13.4. The summed E-state index contributed by atoms with van der Waals surface area (Å²) in [5.41, 5.74) is 0.842. The highest BCUT2D eigenvalue weighted by atomic mass is 19.1. The molecule has 0 bridgehead atoms. The van der Waals surface area contributed by atoms with Gasteiger partial charge in [0.2, 0.25) is 5.91 Å². The molecule has 0 fully saturated rings. The van der Waals surface area contributed by atoms with Crippen LogP contribution < -0.4 is 10.6 Å².